The number of hydrogen-bond acceptors (Lipinski definition) is 2. The summed E-state index contributed by atoms with van der Waals surface area (Å²) in [5, 5.41) is 0. The lowest BCUT2D eigenvalue weighted by atomic mass is 9.76. The quantitative estimate of drug-likeness (QED) is 0.387. The van der Waals surface area contributed by atoms with Gasteiger partial charge in [0.25, 0.3) is 0 Å². The highest BCUT2D eigenvalue weighted by molar-refractivity contribution is 5.67. The minimum absolute atomic E-state index is 0.0634. The second kappa shape index (κ2) is 10.2. The Balaban J connectivity index is 1.15. The normalized spacial score (nSPS) is 26.9. The molecule has 0 N–H and O–H groups in total. The molecule has 2 aliphatic carbocycles. The van der Waals surface area contributed by atoms with E-state index < -0.39 is 11.6 Å². The van der Waals surface area contributed by atoms with E-state index in [1.807, 2.05) is 18.2 Å². The van der Waals surface area contributed by atoms with Crippen molar-refractivity contribution in [3.63, 3.8) is 0 Å². The van der Waals surface area contributed by atoms with Crippen LogP contribution >= 0.6 is 0 Å². The first-order valence-corrected chi connectivity index (χ1v) is 12.6. The Morgan fingerprint density at radius 1 is 0.971 bits per heavy atom. The zero-order valence-electron chi connectivity index (χ0n) is 19.8. The van der Waals surface area contributed by atoms with Crippen LogP contribution in [0.4, 0.5) is 13.2 Å². The largest absolute Gasteiger partial charge is 0.381 e. The maximum Gasteiger partial charge on any atom is 0.166 e. The number of benzene rings is 2. The van der Waals surface area contributed by atoms with E-state index in [0.717, 1.165) is 56.1 Å². The predicted molar refractivity (Wildman–Crippen MR) is 127 cm³/mol. The van der Waals surface area contributed by atoms with Gasteiger partial charge in [0.15, 0.2) is 11.6 Å². The number of epoxide rings is 1. The fraction of sp³-hybridized carbons (Fsp3) is 0.517. The lowest BCUT2D eigenvalue weighted by molar-refractivity contribution is 0.0964. The van der Waals surface area contributed by atoms with Crippen molar-refractivity contribution in [2.75, 3.05) is 13.7 Å². The second-order valence-electron chi connectivity index (χ2n) is 10.1. The molecular weight excluding hydrogens is 437 g/mol. The van der Waals surface area contributed by atoms with Crippen molar-refractivity contribution in [3.8, 4) is 0 Å². The lowest BCUT2D eigenvalue weighted by Gasteiger charge is -2.29. The third-order valence-corrected chi connectivity index (χ3v) is 8.05. The average molecular weight is 471 g/mol. The molecule has 1 saturated carbocycles. The number of methoxy groups -OCH3 is 1. The highest BCUT2D eigenvalue weighted by Gasteiger charge is 2.29. The Labute approximate surface area is 200 Å². The van der Waals surface area contributed by atoms with Crippen LogP contribution < -0.4 is 0 Å². The van der Waals surface area contributed by atoms with Crippen LogP contribution in [-0.4, -0.2) is 19.8 Å². The number of allylic oxidation sites excluding steroid dienone is 1. The molecule has 5 rings (SSSR count). The van der Waals surface area contributed by atoms with Crippen molar-refractivity contribution < 1.29 is 22.6 Å². The summed E-state index contributed by atoms with van der Waals surface area (Å²) < 4.78 is 54.7. The van der Waals surface area contributed by atoms with Gasteiger partial charge in [0.2, 0.25) is 0 Å². The number of halogens is 3. The van der Waals surface area contributed by atoms with Crippen LogP contribution in [0.3, 0.4) is 0 Å². The molecule has 2 fully saturated rings. The molecule has 1 saturated heterocycles. The van der Waals surface area contributed by atoms with Crippen LogP contribution in [0.1, 0.15) is 85.6 Å². The molecule has 2 aromatic carbocycles. The standard InChI is InChI=1S/C29H33F3O2/c1-33-23-12-8-20(9-13-23)24-14-10-21(28(31)29(24)32)7-4-18-2-5-19(6-3-18)22-11-15-25(26(30)16-22)27-17-34-27/h8,10-11,14-16,18-19,23,27H,2-7,9,12-13,17H2,1H3. The van der Waals surface area contributed by atoms with Crippen molar-refractivity contribution in [1.29, 1.82) is 0 Å². The van der Waals surface area contributed by atoms with Gasteiger partial charge < -0.3 is 9.47 Å². The summed E-state index contributed by atoms with van der Waals surface area (Å²) in [5.74, 6) is -0.712. The van der Waals surface area contributed by atoms with Crippen molar-refractivity contribution in [1.82, 2.24) is 0 Å². The van der Waals surface area contributed by atoms with E-state index in [4.69, 9.17) is 9.47 Å². The van der Waals surface area contributed by atoms with Gasteiger partial charge in [0, 0.05) is 18.2 Å². The Morgan fingerprint density at radius 2 is 1.76 bits per heavy atom. The van der Waals surface area contributed by atoms with Crippen molar-refractivity contribution in [2.24, 2.45) is 5.92 Å². The van der Waals surface area contributed by atoms with Crippen LogP contribution in [-0.2, 0) is 15.9 Å². The van der Waals surface area contributed by atoms with Gasteiger partial charge in [-0.25, -0.2) is 13.2 Å². The Bertz CT molecular complexity index is 1050. The number of hydrogen-bond donors (Lipinski definition) is 0. The summed E-state index contributed by atoms with van der Waals surface area (Å²) in [7, 11) is 1.69. The number of rotatable bonds is 7. The third kappa shape index (κ3) is 5.11. The summed E-state index contributed by atoms with van der Waals surface area (Å²) >= 11 is 0. The lowest BCUT2D eigenvalue weighted by Crippen LogP contribution is -2.15. The monoisotopic (exact) mass is 470 g/mol. The molecule has 1 heterocycles. The molecule has 0 spiro atoms. The van der Waals surface area contributed by atoms with Crippen LogP contribution in [0.2, 0.25) is 0 Å². The van der Waals surface area contributed by atoms with Crippen LogP contribution in [0.5, 0.6) is 0 Å². The average Bonchev–Trinajstić information content (AvgIpc) is 3.71. The molecular formula is C29H33F3O2. The molecule has 0 bridgehead atoms. The van der Waals surface area contributed by atoms with E-state index in [0.29, 0.717) is 48.0 Å². The van der Waals surface area contributed by atoms with E-state index in [9.17, 15) is 13.2 Å². The number of aryl methyl sites for hydroxylation is 1. The van der Waals surface area contributed by atoms with E-state index in [1.54, 1.807) is 25.3 Å². The molecule has 2 aromatic rings. The second-order valence-corrected chi connectivity index (χ2v) is 10.1. The topological polar surface area (TPSA) is 21.8 Å². The van der Waals surface area contributed by atoms with Gasteiger partial charge in [-0.15, -0.1) is 0 Å². The van der Waals surface area contributed by atoms with Gasteiger partial charge in [0.05, 0.1) is 12.7 Å². The summed E-state index contributed by atoms with van der Waals surface area (Å²) in [6.45, 7) is 0.612. The van der Waals surface area contributed by atoms with Crippen LogP contribution in [0, 0.1) is 23.4 Å². The summed E-state index contributed by atoms with van der Waals surface area (Å²) in [4.78, 5) is 0. The van der Waals surface area contributed by atoms with E-state index in [-0.39, 0.29) is 18.0 Å². The van der Waals surface area contributed by atoms with E-state index in [2.05, 4.69) is 0 Å². The zero-order chi connectivity index (χ0) is 23.7. The molecule has 182 valence electrons. The van der Waals surface area contributed by atoms with Crippen LogP contribution in [0.15, 0.2) is 36.4 Å². The molecule has 2 unspecified atom stereocenters. The van der Waals surface area contributed by atoms with E-state index >= 15 is 0 Å². The molecule has 2 atom stereocenters. The minimum atomic E-state index is -0.717. The molecule has 0 aromatic heterocycles. The minimum Gasteiger partial charge on any atom is -0.381 e. The molecule has 2 nitrogen and oxygen atoms in total. The first-order valence-electron chi connectivity index (χ1n) is 12.6. The first kappa shape index (κ1) is 23.6. The van der Waals surface area contributed by atoms with Crippen molar-refractivity contribution in [3.05, 3.63) is 76.1 Å². The molecule has 0 radical (unpaired) electrons. The highest BCUT2D eigenvalue weighted by Crippen LogP contribution is 2.40. The van der Waals surface area contributed by atoms with Gasteiger partial charge in [-0.1, -0.05) is 30.3 Å². The maximum absolute atomic E-state index is 14.9. The van der Waals surface area contributed by atoms with Crippen LogP contribution in [0.25, 0.3) is 5.57 Å². The molecule has 5 heteroatoms. The Kier molecular flexibility index (Phi) is 7.12. The fourth-order valence-electron chi connectivity index (χ4n) is 5.73. The Hall–Kier alpha value is -2.11. The fourth-order valence-corrected chi connectivity index (χ4v) is 5.73. The summed E-state index contributed by atoms with van der Waals surface area (Å²) in [6, 6.07) is 9.10. The zero-order valence-corrected chi connectivity index (χ0v) is 19.8. The van der Waals surface area contributed by atoms with Gasteiger partial charge in [0.1, 0.15) is 11.9 Å². The van der Waals surface area contributed by atoms with Crippen molar-refractivity contribution >= 4 is 5.57 Å². The van der Waals surface area contributed by atoms with Crippen molar-refractivity contribution in [2.45, 2.75) is 75.9 Å². The summed E-state index contributed by atoms with van der Waals surface area (Å²) in [6.07, 6.45) is 9.86. The van der Waals surface area contributed by atoms with Gasteiger partial charge in [-0.3, -0.25) is 0 Å². The maximum atomic E-state index is 14.9. The Morgan fingerprint density at radius 3 is 2.41 bits per heavy atom. The van der Waals surface area contributed by atoms with Gasteiger partial charge in [-0.05, 0) is 92.4 Å². The molecule has 1 aliphatic heterocycles. The number of ether oxygens (including phenoxy) is 2. The molecule has 34 heavy (non-hydrogen) atoms. The van der Waals surface area contributed by atoms with Gasteiger partial charge in [-0.2, -0.15) is 0 Å². The summed E-state index contributed by atoms with van der Waals surface area (Å²) in [5.41, 5.74) is 3.47. The molecule has 3 aliphatic rings. The smallest absolute Gasteiger partial charge is 0.166 e. The first-order chi connectivity index (χ1) is 16.5. The highest BCUT2D eigenvalue weighted by atomic mass is 19.2. The third-order valence-electron chi connectivity index (χ3n) is 8.05. The van der Waals surface area contributed by atoms with Gasteiger partial charge >= 0.3 is 0 Å². The predicted octanol–water partition coefficient (Wildman–Crippen LogP) is 7.66. The SMILES string of the molecule is COC1CC=C(c2ccc(CCC3CCC(c4ccc(C5CO5)c(F)c4)CC3)c(F)c2F)CC1. The molecule has 0 amide bonds. The van der Waals surface area contributed by atoms with E-state index in [1.165, 1.54) is 0 Å².